The van der Waals surface area contributed by atoms with Crippen molar-refractivity contribution in [1.82, 2.24) is 0 Å². The Balaban J connectivity index is 1.46. The van der Waals surface area contributed by atoms with Gasteiger partial charge in [-0.2, -0.15) is 0 Å². The fourth-order valence-electron chi connectivity index (χ4n) is 4.34. The molecule has 3 aromatic rings. The van der Waals surface area contributed by atoms with Gasteiger partial charge in [0.1, 0.15) is 22.8 Å². The number of nitrogens with zero attached hydrogens (tertiary/aromatic N) is 1. The molecule has 0 spiro atoms. The first-order valence-electron chi connectivity index (χ1n) is 16.5. The molecule has 0 radical (unpaired) electrons. The zero-order valence-electron chi connectivity index (χ0n) is 28.8. The van der Waals surface area contributed by atoms with E-state index in [2.05, 4.69) is 18.2 Å². The van der Waals surface area contributed by atoms with E-state index in [0.717, 1.165) is 67.6 Å². The second-order valence-corrected chi connectivity index (χ2v) is 10.9. The summed E-state index contributed by atoms with van der Waals surface area (Å²) in [5.74, 6) is -0.743. The van der Waals surface area contributed by atoms with Gasteiger partial charge in [-0.1, -0.05) is 25.3 Å². The molecule has 0 aliphatic heterocycles. The highest BCUT2D eigenvalue weighted by Gasteiger charge is 2.16. The number of rotatable bonds is 22. The summed E-state index contributed by atoms with van der Waals surface area (Å²) in [7, 11) is 1.24. The normalized spacial score (nSPS) is 10.8. The van der Waals surface area contributed by atoms with Gasteiger partial charge in [-0.05, 0) is 110 Å². The Bertz CT molecular complexity index is 1660. The second-order valence-electron chi connectivity index (χ2n) is 10.9. The first kappa shape index (κ1) is 39.5. The summed E-state index contributed by atoms with van der Waals surface area (Å²) in [6.45, 7) is 8.50. The highest BCUT2D eigenvalue weighted by atomic mass is 16.5. The van der Waals surface area contributed by atoms with Crippen LogP contribution in [0.5, 0.6) is 17.2 Å². The van der Waals surface area contributed by atoms with Crippen LogP contribution in [0.1, 0.15) is 60.0 Å². The average Bonchev–Trinajstić information content (AvgIpc) is 3.16. The van der Waals surface area contributed by atoms with Crippen LogP contribution in [0.15, 0.2) is 103 Å². The van der Waals surface area contributed by atoms with Gasteiger partial charge in [0, 0.05) is 24.4 Å². The number of methoxy groups -OCH3 is 1. The zero-order chi connectivity index (χ0) is 36.7. The van der Waals surface area contributed by atoms with E-state index < -0.39 is 23.9 Å². The Labute approximate surface area is 298 Å². The number of benzene rings is 3. The molecular formula is C40H43NO10. The van der Waals surface area contributed by atoms with Gasteiger partial charge in [-0.15, -0.1) is 0 Å². The lowest BCUT2D eigenvalue weighted by Gasteiger charge is -2.08. The van der Waals surface area contributed by atoms with Gasteiger partial charge in [0.15, 0.2) is 0 Å². The lowest BCUT2D eigenvalue weighted by molar-refractivity contribution is -0.138. The molecule has 11 nitrogen and oxygen atoms in total. The molecule has 0 fully saturated rings. The predicted molar refractivity (Wildman–Crippen MR) is 194 cm³/mol. The first-order valence-corrected chi connectivity index (χ1v) is 16.5. The fraction of sp³-hybridized carbons (Fsp3) is 0.275. The summed E-state index contributed by atoms with van der Waals surface area (Å²) < 4.78 is 31.8. The van der Waals surface area contributed by atoms with Crippen molar-refractivity contribution in [2.24, 2.45) is 4.99 Å². The summed E-state index contributed by atoms with van der Waals surface area (Å²) in [6.07, 6.45) is 11.7. The third-order valence-electron chi connectivity index (χ3n) is 7.05. The molecule has 268 valence electrons. The third kappa shape index (κ3) is 15.4. The minimum atomic E-state index is -0.676. The predicted octanol–water partition coefficient (Wildman–Crippen LogP) is 7.40. The molecular weight excluding hydrogens is 654 g/mol. The van der Waals surface area contributed by atoms with Crippen molar-refractivity contribution in [3.63, 3.8) is 0 Å². The molecule has 11 heteroatoms. The molecule has 0 heterocycles. The standard InChI is InChI=1S/C40H43NO10/c1-4-37(42)49-26-10-6-8-24-47-33-18-12-30(13-19-33)16-23-39(44)51-36-22-17-32(28-35(36)40(45)46-3)41-29-31-14-20-34(21-15-31)48-25-9-7-11-27-50-38(43)5-2/h4-5,12-23,28-29H,1-2,6-11,24-27H2,3H3/b23-16+,41-29+. The van der Waals surface area contributed by atoms with Crippen LogP contribution < -0.4 is 14.2 Å². The maximum absolute atomic E-state index is 12.6. The van der Waals surface area contributed by atoms with Crippen LogP contribution >= 0.6 is 0 Å². The van der Waals surface area contributed by atoms with Gasteiger partial charge in [0.05, 0.1) is 39.2 Å². The van der Waals surface area contributed by atoms with Crippen LogP contribution in [-0.2, 0) is 28.6 Å². The Morgan fingerprint density at radius 3 is 1.71 bits per heavy atom. The molecule has 0 atom stereocenters. The van der Waals surface area contributed by atoms with Crippen molar-refractivity contribution < 1.29 is 47.6 Å². The molecule has 0 aromatic heterocycles. The van der Waals surface area contributed by atoms with Crippen molar-refractivity contribution in [1.29, 1.82) is 0 Å². The molecule has 0 aliphatic carbocycles. The number of unbranched alkanes of at least 4 members (excludes halogenated alkanes) is 4. The molecule has 0 aliphatic rings. The topological polar surface area (TPSA) is 136 Å². The Morgan fingerprint density at radius 2 is 1.18 bits per heavy atom. The van der Waals surface area contributed by atoms with Crippen molar-refractivity contribution in [2.75, 3.05) is 33.5 Å². The van der Waals surface area contributed by atoms with E-state index in [0.29, 0.717) is 37.9 Å². The lowest BCUT2D eigenvalue weighted by Crippen LogP contribution is -2.09. The zero-order valence-corrected chi connectivity index (χ0v) is 28.8. The maximum atomic E-state index is 12.6. The van der Waals surface area contributed by atoms with Crippen LogP contribution in [-0.4, -0.2) is 63.6 Å². The highest BCUT2D eigenvalue weighted by molar-refractivity contribution is 5.96. The van der Waals surface area contributed by atoms with Crippen molar-refractivity contribution in [3.8, 4) is 17.2 Å². The Hall–Kier alpha value is -5.97. The van der Waals surface area contributed by atoms with Gasteiger partial charge in [-0.3, -0.25) is 4.99 Å². The van der Waals surface area contributed by atoms with E-state index in [1.807, 2.05) is 24.3 Å². The number of hydrogen-bond acceptors (Lipinski definition) is 11. The molecule has 3 aromatic carbocycles. The van der Waals surface area contributed by atoms with Crippen LogP contribution in [0.2, 0.25) is 0 Å². The smallest absolute Gasteiger partial charge is 0.341 e. The van der Waals surface area contributed by atoms with E-state index in [-0.39, 0.29) is 11.3 Å². The van der Waals surface area contributed by atoms with Gasteiger partial charge in [0.25, 0.3) is 0 Å². The second kappa shape index (κ2) is 22.6. The van der Waals surface area contributed by atoms with E-state index in [1.54, 1.807) is 42.6 Å². The Morgan fingerprint density at radius 1 is 0.647 bits per heavy atom. The molecule has 0 saturated carbocycles. The molecule has 0 N–H and O–H groups in total. The van der Waals surface area contributed by atoms with Gasteiger partial charge in [-0.25, -0.2) is 19.2 Å². The molecule has 0 saturated heterocycles. The number of aliphatic imine (C=N–C) groups is 1. The fourth-order valence-corrected chi connectivity index (χ4v) is 4.34. The van der Waals surface area contributed by atoms with Crippen LogP contribution in [0.3, 0.4) is 0 Å². The average molecular weight is 698 g/mol. The lowest BCUT2D eigenvalue weighted by atomic mass is 10.1. The molecule has 0 amide bonds. The highest BCUT2D eigenvalue weighted by Crippen LogP contribution is 2.26. The number of ether oxygens (including phenoxy) is 6. The van der Waals surface area contributed by atoms with E-state index in [1.165, 1.54) is 25.3 Å². The largest absolute Gasteiger partial charge is 0.494 e. The molecule has 3 rings (SSSR count). The summed E-state index contributed by atoms with van der Waals surface area (Å²) in [4.78, 5) is 51.7. The number of esters is 4. The monoisotopic (exact) mass is 697 g/mol. The molecule has 0 bridgehead atoms. The van der Waals surface area contributed by atoms with Crippen molar-refractivity contribution in [3.05, 3.63) is 115 Å². The first-order chi connectivity index (χ1) is 24.8. The summed E-state index contributed by atoms with van der Waals surface area (Å²) >= 11 is 0. The van der Waals surface area contributed by atoms with Crippen LogP contribution in [0, 0.1) is 0 Å². The number of carbonyl (C=O) groups is 4. The molecule has 0 unspecified atom stereocenters. The van der Waals surface area contributed by atoms with Gasteiger partial charge >= 0.3 is 23.9 Å². The van der Waals surface area contributed by atoms with E-state index in [4.69, 9.17) is 28.4 Å². The van der Waals surface area contributed by atoms with Crippen molar-refractivity contribution in [2.45, 2.75) is 38.5 Å². The minimum absolute atomic E-state index is 0.0392. The maximum Gasteiger partial charge on any atom is 0.341 e. The quantitative estimate of drug-likeness (QED) is 0.0261. The molecule has 51 heavy (non-hydrogen) atoms. The van der Waals surface area contributed by atoms with Gasteiger partial charge in [0.2, 0.25) is 0 Å². The Kier molecular flexibility index (Phi) is 17.5. The van der Waals surface area contributed by atoms with Crippen LogP contribution in [0.25, 0.3) is 6.08 Å². The van der Waals surface area contributed by atoms with Crippen LogP contribution in [0.4, 0.5) is 5.69 Å². The summed E-state index contributed by atoms with van der Waals surface area (Å²) in [5, 5.41) is 0. The van der Waals surface area contributed by atoms with Gasteiger partial charge < -0.3 is 28.4 Å². The number of carbonyl (C=O) groups excluding carboxylic acids is 4. The SMILES string of the molecule is C=CC(=O)OCCCCCOc1ccc(/C=C/C(=O)Oc2ccc(/N=C/c3ccc(OCCCCCOC(=O)C=C)cc3)cc2C(=O)OC)cc1. The number of hydrogen-bond donors (Lipinski definition) is 0. The van der Waals surface area contributed by atoms with E-state index in [9.17, 15) is 19.2 Å². The van der Waals surface area contributed by atoms with Crippen molar-refractivity contribution >= 4 is 41.9 Å². The minimum Gasteiger partial charge on any atom is -0.494 e. The van der Waals surface area contributed by atoms with E-state index >= 15 is 0 Å². The third-order valence-corrected chi connectivity index (χ3v) is 7.05. The summed E-state index contributed by atoms with van der Waals surface area (Å²) in [5.41, 5.74) is 2.07. The summed E-state index contributed by atoms with van der Waals surface area (Å²) in [6, 6.07) is 19.2.